The van der Waals surface area contributed by atoms with Crippen molar-refractivity contribution >= 4 is 40.5 Å². The fraction of sp³-hybridized carbons (Fsp3) is 0.520. The molecular weight excluding hydrogens is 424 g/mol. The molecule has 0 aliphatic rings. The predicted octanol–water partition coefficient (Wildman–Crippen LogP) is 5.68. The van der Waals surface area contributed by atoms with E-state index in [1.54, 1.807) is 0 Å². The van der Waals surface area contributed by atoms with E-state index < -0.39 is 0 Å². The molecule has 1 aromatic carbocycles. The normalized spacial score (nSPS) is 11.2. The Morgan fingerprint density at radius 2 is 1.69 bits per heavy atom. The molecular formula is C25H35ClN4O2. The Morgan fingerprint density at radius 1 is 1.00 bits per heavy atom. The Labute approximate surface area is 196 Å². The number of carbonyl (C=O) groups excluding carboxylic acids is 2. The number of unbranched alkanes of at least 4 members (excludes halogenated alkanes) is 8. The highest BCUT2D eigenvalue weighted by Crippen LogP contribution is 2.20. The van der Waals surface area contributed by atoms with Crippen molar-refractivity contribution in [1.82, 2.24) is 15.7 Å². The first kappa shape index (κ1) is 25.8. The van der Waals surface area contributed by atoms with Crippen LogP contribution in [0.3, 0.4) is 0 Å². The van der Waals surface area contributed by atoms with E-state index in [0.29, 0.717) is 17.1 Å². The lowest BCUT2D eigenvalue weighted by Crippen LogP contribution is -2.34. The van der Waals surface area contributed by atoms with Gasteiger partial charge in [0.2, 0.25) is 5.91 Å². The molecule has 0 fully saturated rings. The van der Waals surface area contributed by atoms with E-state index in [-0.39, 0.29) is 18.4 Å². The molecule has 2 rings (SSSR count). The van der Waals surface area contributed by atoms with Crippen molar-refractivity contribution < 1.29 is 9.59 Å². The standard InChI is InChI=1S/C25H35ClN4O2/c1-3-4-5-6-7-8-9-10-11-12-23(31)27-18-24(32)30-28-17-21-16-20-14-13-19(2)15-22(20)29-25(21)26/h13-17H,3-12,18H2,1-2H3,(H,27,31)(H,30,32). The second-order valence-corrected chi connectivity index (χ2v) is 8.57. The molecule has 0 saturated carbocycles. The highest BCUT2D eigenvalue weighted by molar-refractivity contribution is 6.32. The van der Waals surface area contributed by atoms with Crippen LogP contribution in [0, 0.1) is 6.92 Å². The molecule has 174 valence electrons. The lowest BCUT2D eigenvalue weighted by molar-refractivity contribution is -0.126. The molecule has 0 radical (unpaired) electrons. The number of rotatable bonds is 14. The fourth-order valence-corrected chi connectivity index (χ4v) is 3.63. The number of pyridine rings is 1. The molecule has 0 saturated heterocycles. The minimum absolute atomic E-state index is 0.101. The van der Waals surface area contributed by atoms with E-state index in [0.717, 1.165) is 29.3 Å². The van der Waals surface area contributed by atoms with Crippen LogP contribution in [0.2, 0.25) is 5.15 Å². The molecule has 2 amide bonds. The second kappa shape index (κ2) is 14.6. The van der Waals surface area contributed by atoms with Crippen LogP contribution in [0.1, 0.15) is 82.3 Å². The van der Waals surface area contributed by atoms with Gasteiger partial charge in [-0.2, -0.15) is 5.10 Å². The highest BCUT2D eigenvalue weighted by atomic mass is 35.5. The topological polar surface area (TPSA) is 83.5 Å². The van der Waals surface area contributed by atoms with Crippen molar-refractivity contribution in [3.8, 4) is 0 Å². The minimum atomic E-state index is -0.387. The maximum atomic E-state index is 11.9. The van der Waals surface area contributed by atoms with Gasteiger partial charge >= 0.3 is 0 Å². The Bertz CT molecular complexity index is 914. The minimum Gasteiger partial charge on any atom is -0.347 e. The first-order valence-electron chi connectivity index (χ1n) is 11.6. The van der Waals surface area contributed by atoms with Gasteiger partial charge in [0.05, 0.1) is 18.3 Å². The zero-order valence-electron chi connectivity index (χ0n) is 19.3. The SMILES string of the molecule is CCCCCCCCCCCC(=O)NCC(=O)NN=Cc1cc2ccc(C)cc2nc1Cl. The first-order valence-corrected chi connectivity index (χ1v) is 12.0. The average molecular weight is 459 g/mol. The average Bonchev–Trinajstić information content (AvgIpc) is 2.77. The van der Waals surface area contributed by atoms with Crippen molar-refractivity contribution in [2.24, 2.45) is 5.10 Å². The largest absolute Gasteiger partial charge is 0.347 e. The van der Waals surface area contributed by atoms with E-state index >= 15 is 0 Å². The Morgan fingerprint density at radius 3 is 2.41 bits per heavy atom. The number of hydrogen-bond acceptors (Lipinski definition) is 4. The Hall–Kier alpha value is -2.47. The number of aromatic nitrogens is 1. The molecule has 7 heteroatoms. The second-order valence-electron chi connectivity index (χ2n) is 8.21. The molecule has 0 aliphatic heterocycles. The van der Waals surface area contributed by atoms with Gasteiger partial charge in [-0.15, -0.1) is 0 Å². The molecule has 6 nitrogen and oxygen atoms in total. The van der Waals surface area contributed by atoms with Crippen LogP contribution < -0.4 is 10.7 Å². The molecule has 0 spiro atoms. The third-order valence-electron chi connectivity index (χ3n) is 5.30. The van der Waals surface area contributed by atoms with Crippen LogP contribution in [0.15, 0.2) is 29.4 Å². The number of fused-ring (bicyclic) bond motifs is 1. The van der Waals surface area contributed by atoms with Gasteiger partial charge in [-0.1, -0.05) is 82.0 Å². The van der Waals surface area contributed by atoms with Gasteiger partial charge in [-0.25, -0.2) is 10.4 Å². The lowest BCUT2D eigenvalue weighted by atomic mass is 10.1. The number of nitrogens with one attached hydrogen (secondary N) is 2. The van der Waals surface area contributed by atoms with Gasteiger partial charge in [-0.3, -0.25) is 9.59 Å². The highest BCUT2D eigenvalue weighted by Gasteiger charge is 2.06. The molecule has 1 heterocycles. The summed E-state index contributed by atoms with van der Waals surface area (Å²) in [5, 5.41) is 7.82. The molecule has 0 unspecified atom stereocenters. The number of hydrazone groups is 1. The number of amides is 2. The molecule has 0 bridgehead atoms. The summed E-state index contributed by atoms with van der Waals surface area (Å²) in [5.41, 5.74) is 4.93. The van der Waals surface area contributed by atoms with E-state index in [9.17, 15) is 9.59 Å². The maximum absolute atomic E-state index is 11.9. The van der Waals surface area contributed by atoms with Gasteiger partial charge in [0.15, 0.2) is 0 Å². The summed E-state index contributed by atoms with van der Waals surface area (Å²) in [4.78, 5) is 28.2. The van der Waals surface area contributed by atoms with Crippen LogP contribution in [0.5, 0.6) is 0 Å². The Kier molecular flexibility index (Phi) is 11.7. The monoisotopic (exact) mass is 458 g/mol. The van der Waals surface area contributed by atoms with E-state index in [2.05, 4.69) is 27.8 Å². The quantitative estimate of drug-likeness (QED) is 0.165. The van der Waals surface area contributed by atoms with Crippen molar-refractivity contribution in [3.63, 3.8) is 0 Å². The number of carbonyl (C=O) groups is 2. The molecule has 0 aliphatic carbocycles. The number of nitrogens with zero attached hydrogens (tertiary/aromatic N) is 2. The summed E-state index contributed by atoms with van der Waals surface area (Å²) in [6, 6.07) is 7.79. The third-order valence-corrected chi connectivity index (χ3v) is 5.60. The van der Waals surface area contributed by atoms with Crippen molar-refractivity contribution in [3.05, 3.63) is 40.5 Å². The number of benzene rings is 1. The molecule has 2 aromatic rings. The third kappa shape index (κ3) is 9.77. The van der Waals surface area contributed by atoms with Gasteiger partial charge in [0, 0.05) is 17.4 Å². The van der Waals surface area contributed by atoms with Gasteiger partial charge in [0.25, 0.3) is 5.91 Å². The maximum Gasteiger partial charge on any atom is 0.259 e. The smallest absolute Gasteiger partial charge is 0.259 e. The van der Waals surface area contributed by atoms with Crippen LogP contribution in [0.4, 0.5) is 0 Å². The lowest BCUT2D eigenvalue weighted by Gasteiger charge is -2.05. The number of aryl methyl sites for hydroxylation is 1. The zero-order valence-corrected chi connectivity index (χ0v) is 20.0. The summed E-state index contributed by atoms with van der Waals surface area (Å²) in [6.07, 6.45) is 12.7. The van der Waals surface area contributed by atoms with Crippen molar-refractivity contribution in [1.29, 1.82) is 0 Å². The summed E-state index contributed by atoms with van der Waals surface area (Å²) in [5.74, 6) is -0.494. The van der Waals surface area contributed by atoms with E-state index in [1.807, 2.05) is 31.2 Å². The molecule has 1 aromatic heterocycles. The van der Waals surface area contributed by atoms with Crippen LogP contribution in [-0.2, 0) is 9.59 Å². The van der Waals surface area contributed by atoms with E-state index in [4.69, 9.17) is 11.6 Å². The molecule has 32 heavy (non-hydrogen) atoms. The van der Waals surface area contributed by atoms with Crippen LogP contribution in [-0.4, -0.2) is 29.6 Å². The van der Waals surface area contributed by atoms with E-state index in [1.165, 1.54) is 51.2 Å². The van der Waals surface area contributed by atoms with Gasteiger partial charge in [0.1, 0.15) is 5.15 Å². The summed E-state index contributed by atoms with van der Waals surface area (Å²) in [7, 11) is 0. The summed E-state index contributed by atoms with van der Waals surface area (Å²) < 4.78 is 0. The van der Waals surface area contributed by atoms with Crippen LogP contribution >= 0.6 is 11.6 Å². The fourth-order valence-electron chi connectivity index (χ4n) is 3.44. The Balaban J connectivity index is 1.61. The predicted molar refractivity (Wildman–Crippen MR) is 132 cm³/mol. The summed E-state index contributed by atoms with van der Waals surface area (Å²) >= 11 is 6.21. The summed E-state index contributed by atoms with van der Waals surface area (Å²) in [6.45, 7) is 4.12. The number of hydrogen-bond donors (Lipinski definition) is 2. The van der Waals surface area contributed by atoms with Crippen molar-refractivity contribution in [2.75, 3.05) is 6.54 Å². The van der Waals surface area contributed by atoms with Gasteiger partial charge in [-0.05, 0) is 31.0 Å². The van der Waals surface area contributed by atoms with Crippen molar-refractivity contribution in [2.45, 2.75) is 78.1 Å². The molecule has 0 atom stereocenters. The van der Waals surface area contributed by atoms with Gasteiger partial charge < -0.3 is 5.32 Å². The first-order chi connectivity index (χ1) is 15.5. The molecule has 2 N–H and O–H groups in total. The zero-order chi connectivity index (χ0) is 23.2. The number of halogens is 1. The van der Waals surface area contributed by atoms with Crippen LogP contribution in [0.25, 0.3) is 10.9 Å².